The lowest BCUT2D eigenvalue weighted by molar-refractivity contribution is 0.651. The molecule has 3 nitrogen and oxygen atoms in total. The highest BCUT2D eigenvalue weighted by Gasteiger charge is 2.23. The summed E-state index contributed by atoms with van der Waals surface area (Å²) >= 11 is 1.83. The maximum Gasteiger partial charge on any atom is 0.168 e. The molecule has 1 unspecified atom stereocenters. The Bertz CT molecular complexity index is 521. The van der Waals surface area contributed by atoms with Gasteiger partial charge < -0.3 is 4.57 Å². The molecular formula is C13H15N3S. The minimum absolute atomic E-state index is 0.459. The van der Waals surface area contributed by atoms with E-state index in [0.29, 0.717) is 5.25 Å². The number of pyridine rings is 1. The Morgan fingerprint density at radius 3 is 3.12 bits per heavy atom. The van der Waals surface area contributed by atoms with E-state index in [0.717, 1.165) is 5.16 Å². The van der Waals surface area contributed by atoms with E-state index in [-0.39, 0.29) is 0 Å². The second kappa shape index (κ2) is 4.53. The first-order valence-corrected chi connectivity index (χ1v) is 6.80. The minimum atomic E-state index is 0.459. The Hall–Kier alpha value is -1.29. The summed E-state index contributed by atoms with van der Waals surface area (Å²) in [6, 6.07) is 4.24. The summed E-state index contributed by atoms with van der Waals surface area (Å²) in [7, 11) is 2.04. The number of hydrogen-bond donors (Lipinski definition) is 0. The molecule has 3 rings (SSSR count). The molecule has 0 aliphatic heterocycles. The predicted octanol–water partition coefficient (Wildman–Crippen LogP) is 2.98. The van der Waals surface area contributed by atoms with E-state index in [1.165, 1.54) is 30.5 Å². The van der Waals surface area contributed by atoms with Gasteiger partial charge in [0, 0.05) is 25.6 Å². The van der Waals surface area contributed by atoms with Gasteiger partial charge in [-0.05, 0) is 30.9 Å². The second-order valence-electron chi connectivity index (χ2n) is 4.37. The molecule has 0 radical (unpaired) electrons. The third kappa shape index (κ3) is 2.09. The SMILES string of the molecule is Cn1ccnc1SC1CCCc2cccnc21. The van der Waals surface area contributed by atoms with Crippen molar-refractivity contribution < 1.29 is 0 Å². The van der Waals surface area contributed by atoms with Gasteiger partial charge in [0.05, 0.1) is 10.9 Å². The van der Waals surface area contributed by atoms with Crippen LogP contribution < -0.4 is 0 Å². The maximum absolute atomic E-state index is 4.55. The normalized spacial score (nSPS) is 19.0. The van der Waals surface area contributed by atoms with Gasteiger partial charge in [0.2, 0.25) is 0 Å². The van der Waals surface area contributed by atoms with E-state index < -0.39 is 0 Å². The molecule has 0 amide bonds. The van der Waals surface area contributed by atoms with Crippen molar-refractivity contribution in [3.63, 3.8) is 0 Å². The van der Waals surface area contributed by atoms with E-state index in [9.17, 15) is 0 Å². The number of imidazole rings is 1. The van der Waals surface area contributed by atoms with E-state index in [1.54, 1.807) is 0 Å². The summed E-state index contributed by atoms with van der Waals surface area (Å²) < 4.78 is 2.07. The van der Waals surface area contributed by atoms with Crippen LogP contribution in [0.2, 0.25) is 0 Å². The molecule has 2 heterocycles. The van der Waals surface area contributed by atoms with Gasteiger partial charge in [-0.3, -0.25) is 4.98 Å². The highest BCUT2D eigenvalue weighted by molar-refractivity contribution is 7.99. The molecule has 0 saturated carbocycles. The zero-order valence-corrected chi connectivity index (χ0v) is 10.7. The van der Waals surface area contributed by atoms with Crippen LogP contribution in [0.1, 0.15) is 29.3 Å². The largest absolute Gasteiger partial charge is 0.329 e. The first-order valence-electron chi connectivity index (χ1n) is 5.92. The van der Waals surface area contributed by atoms with E-state index >= 15 is 0 Å². The summed E-state index contributed by atoms with van der Waals surface area (Å²) in [5.41, 5.74) is 2.66. The number of nitrogens with zero attached hydrogens (tertiary/aromatic N) is 3. The molecule has 0 aromatic carbocycles. The summed E-state index contributed by atoms with van der Waals surface area (Å²) in [4.78, 5) is 8.93. The van der Waals surface area contributed by atoms with Crippen molar-refractivity contribution in [2.75, 3.05) is 0 Å². The monoisotopic (exact) mass is 245 g/mol. The van der Waals surface area contributed by atoms with Crippen molar-refractivity contribution in [2.45, 2.75) is 29.7 Å². The highest BCUT2D eigenvalue weighted by atomic mass is 32.2. The van der Waals surface area contributed by atoms with Crippen molar-refractivity contribution in [3.05, 3.63) is 42.0 Å². The maximum atomic E-state index is 4.55. The number of thioether (sulfide) groups is 1. The average Bonchev–Trinajstić information content (AvgIpc) is 2.76. The number of fused-ring (bicyclic) bond motifs is 1. The van der Waals surface area contributed by atoms with E-state index in [4.69, 9.17) is 0 Å². The Balaban J connectivity index is 1.88. The zero-order chi connectivity index (χ0) is 11.7. The Labute approximate surface area is 105 Å². The molecule has 1 aliphatic carbocycles. The third-order valence-corrected chi connectivity index (χ3v) is 4.52. The molecular weight excluding hydrogens is 230 g/mol. The van der Waals surface area contributed by atoms with Gasteiger partial charge in [0.25, 0.3) is 0 Å². The van der Waals surface area contributed by atoms with Crippen LogP contribution in [0, 0.1) is 0 Å². The number of aromatic nitrogens is 3. The number of hydrogen-bond acceptors (Lipinski definition) is 3. The summed E-state index contributed by atoms with van der Waals surface area (Å²) in [5, 5.41) is 1.54. The van der Waals surface area contributed by atoms with Crippen LogP contribution in [0.4, 0.5) is 0 Å². The zero-order valence-electron chi connectivity index (χ0n) is 9.84. The van der Waals surface area contributed by atoms with Crippen molar-refractivity contribution >= 4 is 11.8 Å². The van der Waals surface area contributed by atoms with Gasteiger partial charge in [-0.2, -0.15) is 0 Å². The van der Waals surface area contributed by atoms with E-state index in [2.05, 4.69) is 20.6 Å². The lowest BCUT2D eigenvalue weighted by atomic mass is 9.96. The average molecular weight is 245 g/mol. The third-order valence-electron chi connectivity index (χ3n) is 3.17. The Kier molecular flexibility index (Phi) is 2.89. The molecule has 88 valence electrons. The van der Waals surface area contributed by atoms with Crippen molar-refractivity contribution in [1.82, 2.24) is 14.5 Å². The summed E-state index contributed by atoms with van der Waals surface area (Å²) in [6.07, 6.45) is 9.36. The van der Waals surface area contributed by atoms with Crippen LogP contribution in [0.25, 0.3) is 0 Å². The van der Waals surface area contributed by atoms with Crippen LogP contribution in [0.5, 0.6) is 0 Å². The van der Waals surface area contributed by atoms with Crippen molar-refractivity contribution in [2.24, 2.45) is 7.05 Å². The van der Waals surface area contributed by atoms with E-state index in [1.807, 2.05) is 43.5 Å². The van der Waals surface area contributed by atoms with Gasteiger partial charge in [0.1, 0.15) is 0 Å². The molecule has 17 heavy (non-hydrogen) atoms. The fraction of sp³-hybridized carbons (Fsp3) is 0.385. The Morgan fingerprint density at radius 2 is 2.29 bits per heavy atom. The van der Waals surface area contributed by atoms with Crippen LogP contribution >= 0.6 is 11.8 Å². The van der Waals surface area contributed by atoms with Crippen molar-refractivity contribution in [3.8, 4) is 0 Å². The Morgan fingerprint density at radius 1 is 1.35 bits per heavy atom. The van der Waals surface area contributed by atoms with Crippen LogP contribution in [-0.4, -0.2) is 14.5 Å². The quantitative estimate of drug-likeness (QED) is 0.815. The lowest BCUT2D eigenvalue weighted by Crippen LogP contribution is -2.09. The lowest BCUT2D eigenvalue weighted by Gasteiger charge is -2.23. The molecule has 0 saturated heterocycles. The fourth-order valence-corrected chi connectivity index (χ4v) is 3.49. The molecule has 1 aliphatic rings. The molecule has 2 aromatic heterocycles. The number of aryl methyl sites for hydroxylation is 2. The van der Waals surface area contributed by atoms with Gasteiger partial charge in [-0.25, -0.2) is 4.98 Å². The topological polar surface area (TPSA) is 30.7 Å². The minimum Gasteiger partial charge on any atom is -0.329 e. The highest BCUT2D eigenvalue weighted by Crippen LogP contribution is 2.41. The molecule has 0 spiro atoms. The van der Waals surface area contributed by atoms with Gasteiger partial charge >= 0.3 is 0 Å². The fourth-order valence-electron chi connectivity index (χ4n) is 2.27. The summed E-state index contributed by atoms with van der Waals surface area (Å²) in [6.45, 7) is 0. The molecule has 0 fully saturated rings. The first-order chi connectivity index (χ1) is 8.34. The predicted molar refractivity (Wildman–Crippen MR) is 69.0 cm³/mol. The first kappa shape index (κ1) is 10.8. The molecule has 4 heteroatoms. The van der Waals surface area contributed by atoms with Crippen LogP contribution in [0.15, 0.2) is 35.9 Å². The molecule has 0 N–H and O–H groups in total. The summed E-state index contributed by atoms with van der Waals surface area (Å²) in [5.74, 6) is 0. The van der Waals surface area contributed by atoms with Gasteiger partial charge in [-0.1, -0.05) is 17.8 Å². The smallest absolute Gasteiger partial charge is 0.168 e. The standard InChI is InChI=1S/C13H15N3S/c1-16-9-8-15-13(16)17-11-6-2-4-10-5-3-7-14-12(10)11/h3,5,7-9,11H,2,4,6H2,1H3. The second-order valence-corrected chi connectivity index (χ2v) is 5.54. The molecule has 0 bridgehead atoms. The molecule has 1 atom stereocenters. The van der Waals surface area contributed by atoms with Crippen molar-refractivity contribution in [1.29, 1.82) is 0 Å². The van der Waals surface area contributed by atoms with Crippen LogP contribution in [-0.2, 0) is 13.5 Å². The molecule has 2 aromatic rings. The number of rotatable bonds is 2. The van der Waals surface area contributed by atoms with Gasteiger partial charge in [0.15, 0.2) is 5.16 Å². The van der Waals surface area contributed by atoms with Gasteiger partial charge in [-0.15, -0.1) is 0 Å². The van der Waals surface area contributed by atoms with Crippen LogP contribution in [0.3, 0.4) is 0 Å².